The number of piperidine rings is 1. The fraction of sp³-hybridized carbons (Fsp3) is 0.538. The molecule has 2 rings (SSSR count). The summed E-state index contributed by atoms with van der Waals surface area (Å²) in [5.74, 6) is 0.349. The highest BCUT2D eigenvalue weighted by Gasteiger charge is 2.25. The molecule has 0 radical (unpaired) electrons. The highest BCUT2D eigenvalue weighted by molar-refractivity contribution is 5.39. The van der Waals surface area contributed by atoms with Gasteiger partial charge < -0.3 is 15.7 Å². The molecule has 1 heterocycles. The van der Waals surface area contributed by atoms with Crippen LogP contribution in [0.25, 0.3) is 0 Å². The van der Waals surface area contributed by atoms with Crippen molar-refractivity contribution in [3.63, 3.8) is 0 Å². The van der Waals surface area contributed by atoms with Crippen LogP contribution in [-0.2, 0) is 0 Å². The molecule has 16 heavy (non-hydrogen) atoms. The Labute approximate surface area is 96.9 Å². The van der Waals surface area contributed by atoms with Crippen LogP contribution in [0.3, 0.4) is 0 Å². The first kappa shape index (κ1) is 11.4. The lowest BCUT2D eigenvalue weighted by Gasteiger charge is -2.32. The van der Waals surface area contributed by atoms with Crippen molar-refractivity contribution in [2.24, 2.45) is 5.92 Å². The van der Waals surface area contributed by atoms with Gasteiger partial charge in [-0.3, -0.25) is 0 Å². The van der Waals surface area contributed by atoms with Gasteiger partial charge in [-0.2, -0.15) is 0 Å². The van der Waals surface area contributed by atoms with E-state index >= 15 is 0 Å². The standard InChI is InChI=1S/C13H20N2O/c1-15-8-2-3-11(9-15)13(16)10-4-6-12(14)7-5-10/h4-7,11,13,16H,2-3,8-9,14H2,1H3. The van der Waals surface area contributed by atoms with E-state index < -0.39 is 0 Å². The van der Waals surface area contributed by atoms with Gasteiger partial charge in [-0.05, 0) is 44.1 Å². The smallest absolute Gasteiger partial charge is 0.0830 e. The maximum atomic E-state index is 10.3. The molecule has 0 saturated carbocycles. The van der Waals surface area contributed by atoms with E-state index in [1.165, 1.54) is 6.42 Å². The van der Waals surface area contributed by atoms with Crippen LogP contribution in [0, 0.1) is 5.92 Å². The molecule has 1 aromatic rings. The number of likely N-dealkylation sites (tertiary alicyclic amines) is 1. The molecular formula is C13H20N2O. The van der Waals surface area contributed by atoms with Crippen LogP contribution >= 0.6 is 0 Å². The van der Waals surface area contributed by atoms with Gasteiger partial charge in [-0.15, -0.1) is 0 Å². The second-order valence-corrected chi connectivity index (χ2v) is 4.78. The second-order valence-electron chi connectivity index (χ2n) is 4.78. The van der Waals surface area contributed by atoms with Crippen molar-refractivity contribution in [2.45, 2.75) is 18.9 Å². The molecule has 88 valence electrons. The predicted octanol–water partition coefficient (Wildman–Crippen LogP) is 1.64. The first-order valence-corrected chi connectivity index (χ1v) is 5.89. The fourth-order valence-corrected chi connectivity index (χ4v) is 2.43. The normalized spacial score (nSPS) is 24.2. The van der Waals surface area contributed by atoms with E-state index in [1.54, 1.807) is 0 Å². The summed E-state index contributed by atoms with van der Waals surface area (Å²) in [4.78, 5) is 2.29. The van der Waals surface area contributed by atoms with E-state index in [2.05, 4.69) is 11.9 Å². The van der Waals surface area contributed by atoms with E-state index in [9.17, 15) is 5.11 Å². The molecule has 0 aliphatic carbocycles. The molecule has 3 heteroatoms. The van der Waals surface area contributed by atoms with Crippen molar-refractivity contribution in [2.75, 3.05) is 25.9 Å². The Kier molecular flexibility index (Phi) is 3.46. The Balaban J connectivity index is 2.06. The Morgan fingerprint density at radius 3 is 2.69 bits per heavy atom. The third-order valence-corrected chi connectivity index (χ3v) is 3.39. The Bertz CT molecular complexity index is 336. The largest absolute Gasteiger partial charge is 0.399 e. The zero-order valence-electron chi connectivity index (χ0n) is 9.76. The maximum Gasteiger partial charge on any atom is 0.0830 e. The summed E-state index contributed by atoms with van der Waals surface area (Å²) in [6.45, 7) is 2.12. The number of hydrogen-bond donors (Lipinski definition) is 2. The summed E-state index contributed by atoms with van der Waals surface area (Å²) in [6, 6.07) is 7.55. The van der Waals surface area contributed by atoms with E-state index in [4.69, 9.17) is 5.73 Å². The SMILES string of the molecule is CN1CCCC(C(O)c2ccc(N)cc2)C1. The van der Waals surface area contributed by atoms with Crippen LogP contribution in [-0.4, -0.2) is 30.1 Å². The molecule has 0 spiro atoms. The minimum atomic E-state index is -0.358. The quantitative estimate of drug-likeness (QED) is 0.745. The molecule has 0 bridgehead atoms. The lowest BCUT2D eigenvalue weighted by atomic mass is 9.89. The molecule has 3 nitrogen and oxygen atoms in total. The Morgan fingerprint density at radius 1 is 1.38 bits per heavy atom. The van der Waals surface area contributed by atoms with Gasteiger partial charge in [0.05, 0.1) is 6.10 Å². The Hall–Kier alpha value is -1.06. The fourth-order valence-electron chi connectivity index (χ4n) is 2.43. The molecule has 2 atom stereocenters. The molecule has 1 aliphatic rings. The topological polar surface area (TPSA) is 49.5 Å². The lowest BCUT2D eigenvalue weighted by Crippen LogP contribution is -2.35. The molecule has 1 aliphatic heterocycles. The highest BCUT2D eigenvalue weighted by Crippen LogP contribution is 2.29. The molecule has 1 fully saturated rings. The van der Waals surface area contributed by atoms with Crippen molar-refractivity contribution in [1.82, 2.24) is 4.90 Å². The highest BCUT2D eigenvalue weighted by atomic mass is 16.3. The van der Waals surface area contributed by atoms with E-state index in [-0.39, 0.29) is 6.10 Å². The van der Waals surface area contributed by atoms with E-state index in [1.807, 2.05) is 24.3 Å². The van der Waals surface area contributed by atoms with Crippen LogP contribution < -0.4 is 5.73 Å². The van der Waals surface area contributed by atoms with Crippen molar-refractivity contribution in [3.8, 4) is 0 Å². The molecular weight excluding hydrogens is 200 g/mol. The number of hydrogen-bond acceptors (Lipinski definition) is 3. The minimum absolute atomic E-state index is 0.349. The van der Waals surface area contributed by atoms with Crippen LogP contribution in [0.1, 0.15) is 24.5 Å². The first-order chi connectivity index (χ1) is 7.66. The number of benzene rings is 1. The third-order valence-electron chi connectivity index (χ3n) is 3.39. The van der Waals surface area contributed by atoms with Gasteiger partial charge in [-0.1, -0.05) is 12.1 Å². The molecule has 1 saturated heterocycles. The van der Waals surface area contributed by atoms with Crippen molar-refractivity contribution < 1.29 is 5.11 Å². The number of anilines is 1. The number of nitrogens with zero attached hydrogens (tertiary/aromatic N) is 1. The van der Waals surface area contributed by atoms with Crippen LogP contribution in [0.4, 0.5) is 5.69 Å². The van der Waals surface area contributed by atoms with Crippen molar-refractivity contribution >= 4 is 5.69 Å². The molecule has 2 unspecified atom stereocenters. The summed E-state index contributed by atoms with van der Waals surface area (Å²) in [5, 5.41) is 10.3. The van der Waals surface area contributed by atoms with Gasteiger partial charge in [0.25, 0.3) is 0 Å². The van der Waals surface area contributed by atoms with Crippen LogP contribution in [0.5, 0.6) is 0 Å². The average Bonchev–Trinajstić information content (AvgIpc) is 2.29. The zero-order chi connectivity index (χ0) is 11.5. The van der Waals surface area contributed by atoms with Gasteiger partial charge in [0.15, 0.2) is 0 Å². The first-order valence-electron chi connectivity index (χ1n) is 5.89. The van der Waals surface area contributed by atoms with Gasteiger partial charge in [0.2, 0.25) is 0 Å². The van der Waals surface area contributed by atoms with Crippen LogP contribution in [0.15, 0.2) is 24.3 Å². The summed E-state index contributed by atoms with van der Waals surface area (Å²) in [7, 11) is 2.11. The van der Waals surface area contributed by atoms with E-state index in [0.717, 1.165) is 30.8 Å². The second kappa shape index (κ2) is 4.85. The van der Waals surface area contributed by atoms with Crippen molar-refractivity contribution in [1.29, 1.82) is 0 Å². The molecule has 1 aromatic carbocycles. The summed E-state index contributed by atoms with van der Waals surface area (Å²) < 4.78 is 0. The zero-order valence-corrected chi connectivity index (χ0v) is 9.76. The summed E-state index contributed by atoms with van der Waals surface area (Å²) in [6.07, 6.45) is 1.92. The third kappa shape index (κ3) is 2.54. The molecule has 0 aromatic heterocycles. The van der Waals surface area contributed by atoms with Gasteiger partial charge in [0, 0.05) is 18.2 Å². The monoisotopic (exact) mass is 220 g/mol. The van der Waals surface area contributed by atoms with Crippen molar-refractivity contribution in [3.05, 3.63) is 29.8 Å². The summed E-state index contributed by atoms with van der Waals surface area (Å²) in [5.41, 5.74) is 7.37. The maximum absolute atomic E-state index is 10.3. The Morgan fingerprint density at radius 2 is 2.06 bits per heavy atom. The minimum Gasteiger partial charge on any atom is -0.399 e. The van der Waals surface area contributed by atoms with Gasteiger partial charge in [0.1, 0.15) is 0 Å². The number of aliphatic hydroxyl groups is 1. The molecule has 3 N–H and O–H groups in total. The van der Waals surface area contributed by atoms with Gasteiger partial charge >= 0.3 is 0 Å². The van der Waals surface area contributed by atoms with Gasteiger partial charge in [-0.25, -0.2) is 0 Å². The number of rotatable bonds is 2. The number of nitrogen functional groups attached to an aromatic ring is 1. The summed E-state index contributed by atoms with van der Waals surface area (Å²) >= 11 is 0. The lowest BCUT2D eigenvalue weighted by molar-refractivity contribution is 0.0592. The van der Waals surface area contributed by atoms with Crippen LogP contribution in [0.2, 0.25) is 0 Å². The average molecular weight is 220 g/mol. The predicted molar refractivity (Wildman–Crippen MR) is 66.0 cm³/mol. The molecule has 0 amide bonds. The number of nitrogens with two attached hydrogens (primary N) is 1. The number of aliphatic hydroxyl groups excluding tert-OH is 1. The van der Waals surface area contributed by atoms with E-state index in [0.29, 0.717) is 5.92 Å².